The van der Waals surface area contributed by atoms with E-state index in [2.05, 4.69) is 22.9 Å². The third kappa shape index (κ3) is 13.9. The zero-order chi connectivity index (χ0) is 18.0. The lowest BCUT2D eigenvalue weighted by atomic mass is 10.1. The van der Waals surface area contributed by atoms with Crippen molar-refractivity contribution in [3.05, 3.63) is 0 Å². The molecule has 138 valence electrons. The molecule has 0 aromatic carbocycles. The van der Waals surface area contributed by atoms with Crippen molar-refractivity contribution in [1.29, 1.82) is 0 Å². The molecule has 1 amide bonds. The molecule has 1 N–H and O–H groups in total. The van der Waals surface area contributed by atoms with Crippen LogP contribution in [0.1, 0.15) is 78.1 Å². The molecular formula is C19H33NO4. The predicted molar refractivity (Wildman–Crippen MR) is 95.6 cm³/mol. The molecular weight excluding hydrogens is 306 g/mol. The summed E-state index contributed by atoms with van der Waals surface area (Å²) in [6, 6.07) is -0.738. The van der Waals surface area contributed by atoms with Crippen LogP contribution in [0.2, 0.25) is 0 Å². The average Bonchev–Trinajstić information content (AvgIpc) is 2.57. The summed E-state index contributed by atoms with van der Waals surface area (Å²) < 4.78 is 9.76. The second kappa shape index (κ2) is 16.2. The van der Waals surface area contributed by atoms with Gasteiger partial charge in [0.1, 0.15) is 6.04 Å². The first-order chi connectivity index (χ1) is 11.6. The standard InChI is InChI=1S/C19H33NO4/c1-4-6-7-8-9-10-11-12-13-14-16-23-18(21)17(3)20-19(22)24-15-5-2/h2,17H,4,6-16H2,1,3H3,(H,20,22)/t17-/m0/s1. The minimum Gasteiger partial charge on any atom is -0.464 e. The molecule has 5 heteroatoms. The van der Waals surface area contributed by atoms with Crippen LogP contribution in [0, 0.1) is 12.3 Å². The Hall–Kier alpha value is -1.70. The highest BCUT2D eigenvalue weighted by atomic mass is 16.6. The monoisotopic (exact) mass is 339 g/mol. The first-order valence-electron chi connectivity index (χ1n) is 9.15. The van der Waals surface area contributed by atoms with Crippen molar-refractivity contribution in [1.82, 2.24) is 5.32 Å². The Labute approximate surface area is 146 Å². The summed E-state index contributed by atoms with van der Waals surface area (Å²) in [4.78, 5) is 22.9. The van der Waals surface area contributed by atoms with Crippen LogP contribution in [0.3, 0.4) is 0 Å². The summed E-state index contributed by atoms with van der Waals surface area (Å²) in [5, 5.41) is 2.37. The number of terminal acetylenes is 1. The van der Waals surface area contributed by atoms with Gasteiger partial charge in [-0.1, -0.05) is 70.6 Å². The number of carbonyl (C=O) groups excluding carboxylic acids is 2. The van der Waals surface area contributed by atoms with Crippen LogP contribution in [0.4, 0.5) is 4.79 Å². The molecule has 0 spiro atoms. The lowest BCUT2D eigenvalue weighted by molar-refractivity contribution is -0.145. The second-order valence-electron chi connectivity index (χ2n) is 6.00. The summed E-state index contributed by atoms with van der Waals surface area (Å²) in [7, 11) is 0. The van der Waals surface area contributed by atoms with E-state index < -0.39 is 18.1 Å². The van der Waals surface area contributed by atoms with Crippen molar-refractivity contribution in [3.63, 3.8) is 0 Å². The predicted octanol–water partition coefficient (Wildman–Crippen LogP) is 4.20. The maximum atomic E-state index is 11.7. The van der Waals surface area contributed by atoms with Gasteiger partial charge in [-0.15, -0.1) is 6.42 Å². The van der Waals surface area contributed by atoms with E-state index >= 15 is 0 Å². The molecule has 0 saturated heterocycles. The Morgan fingerprint density at radius 1 is 0.958 bits per heavy atom. The van der Waals surface area contributed by atoms with Crippen LogP contribution in [0.5, 0.6) is 0 Å². The van der Waals surface area contributed by atoms with E-state index in [0.717, 1.165) is 12.8 Å². The minimum atomic E-state index is -0.738. The third-order valence-corrected chi connectivity index (χ3v) is 3.72. The molecule has 0 aliphatic carbocycles. The van der Waals surface area contributed by atoms with Crippen LogP contribution in [0.15, 0.2) is 0 Å². The van der Waals surface area contributed by atoms with E-state index in [0.29, 0.717) is 6.61 Å². The number of nitrogens with one attached hydrogen (secondary N) is 1. The van der Waals surface area contributed by atoms with Crippen LogP contribution in [0.25, 0.3) is 0 Å². The molecule has 0 bridgehead atoms. The van der Waals surface area contributed by atoms with Gasteiger partial charge >= 0.3 is 12.1 Å². The van der Waals surface area contributed by atoms with Gasteiger partial charge in [0.15, 0.2) is 6.61 Å². The van der Waals surface area contributed by atoms with Gasteiger partial charge in [-0.25, -0.2) is 9.59 Å². The molecule has 0 radical (unpaired) electrons. The number of hydrogen-bond donors (Lipinski definition) is 1. The highest BCUT2D eigenvalue weighted by molar-refractivity contribution is 5.80. The fourth-order valence-electron chi connectivity index (χ4n) is 2.27. The molecule has 24 heavy (non-hydrogen) atoms. The smallest absolute Gasteiger partial charge is 0.408 e. The van der Waals surface area contributed by atoms with E-state index in [1.165, 1.54) is 51.4 Å². The van der Waals surface area contributed by atoms with Gasteiger partial charge in [0.05, 0.1) is 6.61 Å². The van der Waals surface area contributed by atoms with Gasteiger partial charge < -0.3 is 14.8 Å². The summed E-state index contributed by atoms with van der Waals surface area (Å²) in [6.07, 6.45) is 16.6. The van der Waals surface area contributed by atoms with Crippen molar-refractivity contribution in [2.75, 3.05) is 13.2 Å². The second-order valence-corrected chi connectivity index (χ2v) is 6.00. The highest BCUT2D eigenvalue weighted by Gasteiger charge is 2.17. The number of esters is 1. The lowest BCUT2D eigenvalue weighted by Gasteiger charge is -2.12. The summed E-state index contributed by atoms with van der Waals surface area (Å²) in [5.74, 6) is 1.72. The van der Waals surface area contributed by atoms with Gasteiger partial charge in [-0.3, -0.25) is 0 Å². The van der Waals surface area contributed by atoms with E-state index in [1.54, 1.807) is 6.92 Å². The van der Waals surface area contributed by atoms with Crippen LogP contribution in [-0.2, 0) is 14.3 Å². The number of alkyl carbamates (subject to hydrolysis) is 1. The first-order valence-corrected chi connectivity index (χ1v) is 9.15. The zero-order valence-corrected chi connectivity index (χ0v) is 15.3. The quantitative estimate of drug-likeness (QED) is 0.293. The average molecular weight is 339 g/mol. The lowest BCUT2D eigenvalue weighted by Crippen LogP contribution is -2.40. The van der Waals surface area contributed by atoms with Crippen LogP contribution < -0.4 is 5.32 Å². The van der Waals surface area contributed by atoms with Crippen molar-refractivity contribution in [2.45, 2.75) is 84.1 Å². The summed E-state index contributed by atoms with van der Waals surface area (Å²) in [6.45, 7) is 4.06. The molecule has 0 heterocycles. The van der Waals surface area contributed by atoms with Crippen LogP contribution in [-0.4, -0.2) is 31.3 Å². The molecule has 5 nitrogen and oxygen atoms in total. The Bertz CT molecular complexity index is 376. The van der Waals surface area contributed by atoms with Gasteiger partial charge in [0, 0.05) is 0 Å². The fourth-order valence-corrected chi connectivity index (χ4v) is 2.27. The van der Waals surface area contributed by atoms with Crippen molar-refractivity contribution >= 4 is 12.1 Å². The normalized spacial score (nSPS) is 11.4. The summed E-state index contributed by atoms with van der Waals surface area (Å²) >= 11 is 0. The van der Waals surface area contributed by atoms with Crippen molar-refractivity contribution < 1.29 is 19.1 Å². The first kappa shape index (κ1) is 22.3. The maximum absolute atomic E-state index is 11.7. The molecule has 0 rings (SSSR count). The fraction of sp³-hybridized carbons (Fsp3) is 0.789. The van der Waals surface area contributed by atoms with Gasteiger partial charge in [-0.05, 0) is 13.3 Å². The number of rotatable bonds is 14. The van der Waals surface area contributed by atoms with Gasteiger partial charge in [-0.2, -0.15) is 0 Å². The highest BCUT2D eigenvalue weighted by Crippen LogP contribution is 2.10. The molecule has 0 aliphatic rings. The number of carbonyl (C=O) groups is 2. The topological polar surface area (TPSA) is 64.6 Å². The van der Waals surface area contributed by atoms with Crippen molar-refractivity contribution in [2.24, 2.45) is 0 Å². The SMILES string of the molecule is C#CCOC(=O)N[C@@H](C)C(=O)OCCCCCCCCCCCC. The minimum absolute atomic E-state index is 0.119. The van der Waals surface area contributed by atoms with Crippen LogP contribution >= 0.6 is 0 Å². The number of ether oxygens (including phenoxy) is 2. The van der Waals surface area contributed by atoms with E-state index in [4.69, 9.17) is 11.2 Å². The van der Waals surface area contributed by atoms with E-state index in [1.807, 2.05) is 0 Å². The zero-order valence-electron chi connectivity index (χ0n) is 15.3. The number of amides is 1. The third-order valence-electron chi connectivity index (χ3n) is 3.72. The molecule has 0 aromatic heterocycles. The Kier molecular flexibility index (Phi) is 15.0. The van der Waals surface area contributed by atoms with Gasteiger partial charge in [0.25, 0.3) is 0 Å². The molecule has 0 fully saturated rings. The largest absolute Gasteiger partial charge is 0.464 e. The Balaban J connectivity index is 3.45. The molecule has 0 unspecified atom stereocenters. The maximum Gasteiger partial charge on any atom is 0.408 e. The van der Waals surface area contributed by atoms with Crippen molar-refractivity contribution in [3.8, 4) is 12.3 Å². The Morgan fingerprint density at radius 2 is 1.50 bits per heavy atom. The molecule has 0 aromatic rings. The Morgan fingerprint density at radius 3 is 2.04 bits per heavy atom. The van der Waals surface area contributed by atoms with E-state index in [9.17, 15) is 9.59 Å². The van der Waals surface area contributed by atoms with Gasteiger partial charge in [0.2, 0.25) is 0 Å². The molecule has 0 saturated carbocycles. The number of hydrogen-bond acceptors (Lipinski definition) is 4. The molecule has 0 aliphatic heterocycles. The molecule has 1 atom stereocenters. The van der Waals surface area contributed by atoms with E-state index in [-0.39, 0.29) is 6.61 Å². The summed E-state index contributed by atoms with van der Waals surface area (Å²) in [5.41, 5.74) is 0. The number of unbranched alkanes of at least 4 members (excludes halogenated alkanes) is 9.